The smallest absolute Gasteiger partial charge is 0.478 e. The number of aromatic nitrogens is 2. The third-order valence-electron chi connectivity index (χ3n) is 3.78. The van der Waals surface area contributed by atoms with Crippen molar-refractivity contribution in [3.05, 3.63) is 53.7 Å². The molecule has 0 aliphatic rings. The van der Waals surface area contributed by atoms with Crippen LogP contribution in [0.1, 0.15) is 22.8 Å². The number of nitrogens with zero attached hydrogens (tertiary/aromatic N) is 2. The molecule has 0 saturated heterocycles. The zero-order valence-electron chi connectivity index (χ0n) is 14.0. The Bertz CT molecular complexity index is 1010. The molecule has 0 fully saturated rings. The molecule has 3 aromatic rings. The number of alkyl halides is 3. The molecule has 6 nitrogen and oxygen atoms in total. The molecule has 0 aliphatic carbocycles. The maximum atomic E-state index is 12.7. The number of ether oxygens (including phenoxy) is 1. The Morgan fingerprint density at radius 3 is 2.70 bits per heavy atom. The second kappa shape index (κ2) is 7.10. The lowest BCUT2D eigenvalue weighted by molar-refractivity contribution is -0.274. The molecule has 0 aliphatic heterocycles. The number of halogens is 3. The van der Waals surface area contributed by atoms with Crippen LogP contribution < -0.4 is 10.1 Å². The molecule has 0 atom stereocenters. The minimum Gasteiger partial charge on any atom is -0.478 e. The third kappa shape index (κ3) is 4.25. The van der Waals surface area contributed by atoms with Crippen LogP contribution in [0.2, 0.25) is 0 Å². The summed E-state index contributed by atoms with van der Waals surface area (Å²) in [6, 6.07) is 8.72. The van der Waals surface area contributed by atoms with Gasteiger partial charge in [-0.2, -0.15) is 0 Å². The number of carbonyl (C=O) groups is 1. The Morgan fingerprint density at radius 1 is 1.26 bits per heavy atom. The van der Waals surface area contributed by atoms with Crippen molar-refractivity contribution in [3.63, 3.8) is 0 Å². The molecular weight excluding hydrogens is 363 g/mol. The van der Waals surface area contributed by atoms with Crippen molar-refractivity contribution >= 4 is 28.5 Å². The summed E-state index contributed by atoms with van der Waals surface area (Å²) in [5, 5.41) is 12.4. The predicted octanol–water partition coefficient (Wildman–Crippen LogP) is 4.53. The van der Waals surface area contributed by atoms with Crippen LogP contribution in [0, 0.1) is 0 Å². The first kappa shape index (κ1) is 18.4. The SMILES string of the molecule is CCc1cccc2cnc(Nc3ccc(C(=O)O)cc3OC(F)(F)F)nc12. The summed E-state index contributed by atoms with van der Waals surface area (Å²) in [6.07, 6.45) is -2.70. The van der Waals surface area contributed by atoms with Gasteiger partial charge < -0.3 is 15.2 Å². The van der Waals surface area contributed by atoms with Crippen molar-refractivity contribution in [3.8, 4) is 5.75 Å². The van der Waals surface area contributed by atoms with Gasteiger partial charge in [0.15, 0.2) is 5.75 Å². The first-order chi connectivity index (χ1) is 12.8. The molecule has 0 bridgehead atoms. The molecule has 140 valence electrons. The Hall–Kier alpha value is -3.36. The molecule has 1 aromatic heterocycles. The Balaban J connectivity index is 2.01. The van der Waals surface area contributed by atoms with Crippen LogP contribution in [0.5, 0.6) is 5.75 Å². The molecule has 0 spiro atoms. The summed E-state index contributed by atoms with van der Waals surface area (Å²) in [6.45, 7) is 1.96. The Labute approximate surface area is 151 Å². The number of nitrogens with one attached hydrogen (secondary N) is 1. The van der Waals surface area contributed by atoms with Crippen molar-refractivity contribution in [1.29, 1.82) is 0 Å². The highest BCUT2D eigenvalue weighted by atomic mass is 19.4. The Morgan fingerprint density at radius 2 is 2.04 bits per heavy atom. The van der Waals surface area contributed by atoms with E-state index in [4.69, 9.17) is 5.11 Å². The van der Waals surface area contributed by atoms with Crippen LogP contribution in [0.25, 0.3) is 10.9 Å². The van der Waals surface area contributed by atoms with Gasteiger partial charge in [-0.3, -0.25) is 0 Å². The first-order valence-electron chi connectivity index (χ1n) is 7.91. The number of hydrogen-bond donors (Lipinski definition) is 2. The van der Waals surface area contributed by atoms with Crippen molar-refractivity contribution < 1.29 is 27.8 Å². The van der Waals surface area contributed by atoms with Gasteiger partial charge in [0, 0.05) is 11.6 Å². The molecule has 3 rings (SSSR count). The molecule has 1 heterocycles. The molecule has 0 unspecified atom stereocenters. The van der Waals surface area contributed by atoms with Gasteiger partial charge in [0.1, 0.15) is 0 Å². The highest BCUT2D eigenvalue weighted by Gasteiger charge is 2.32. The summed E-state index contributed by atoms with van der Waals surface area (Å²) in [5.41, 5.74) is 1.20. The number of carboxylic acid groups (broad SMARTS) is 1. The number of rotatable bonds is 5. The third-order valence-corrected chi connectivity index (χ3v) is 3.78. The van der Waals surface area contributed by atoms with E-state index >= 15 is 0 Å². The van der Waals surface area contributed by atoms with E-state index < -0.39 is 18.1 Å². The van der Waals surface area contributed by atoms with E-state index in [0.717, 1.165) is 29.5 Å². The fourth-order valence-electron chi connectivity index (χ4n) is 2.55. The number of hydrogen-bond acceptors (Lipinski definition) is 5. The van der Waals surface area contributed by atoms with Crippen molar-refractivity contribution in [2.75, 3.05) is 5.32 Å². The largest absolute Gasteiger partial charge is 0.573 e. The lowest BCUT2D eigenvalue weighted by Gasteiger charge is -2.15. The number of anilines is 2. The summed E-state index contributed by atoms with van der Waals surface area (Å²) in [5.74, 6) is -1.99. The van der Waals surface area contributed by atoms with E-state index in [0.29, 0.717) is 5.52 Å². The van der Waals surface area contributed by atoms with Crippen LogP contribution in [0.4, 0.5) is 24.8 Å². The van der Waals surface area contributed by atoms with Gasteiger partial charge in [0.2, 0.25) is 5.95 Å². The number of aromatic carboxylic acids is 1. The second-order valence-electron chi connectivity index (χ2n) is 5.59. The van der Waals surface area contributed by atoms with E-state index in [1.165, 1.54) is 6.07 Å². The summed E-state index contributed by atoms with van der Waals surface area (Å²) < 4.78 is 42.0. The summed E-state index contributed by atoms with van der Waals surface area (Å²) in [7, 11) is 0. The summed E-state index contributed by atoms with van der Waals surface area (Å²) >= 11 is 0. The average Bonchev–Trinajstić information content (AvgIpc) is 2.61. The van der Waals surface area contributed by atoms with Gasteiger partial charge >= 0.3 is 12.3 Å². The Kier molecular flexibility index (Phi) is 4.85. The second-order valence-corrected chi connectivity index (χ2v) is 5.59. The molecule has 0 amide bonds. The number of carboxylic acids is 1. The number of benzene rings is 2. The van der Waals surface area contributed by atoms with Gasteiger partial charge in [-0.1, -0.05) is 25.1 Å². The zero-order chi connectivity index (χ0) is 19.6. The highest BCUT2D eigenvalue weighted by Crippen LogP contribution is 2.33. The maximum Gasteiger partial charge on any atom is 0.573 e. The zero-order valence-corrected chi connectivity index (χ0v) is 14.0. The van der Waals surface area contributed by atoms with Crippen LogP contribution in [0.15, 0.2) is 42.6 Å². The van der Waals surface area contributed by atoms with Gasteiger partial charge in [-0.25, -0.2) is 14.8 Å². The quantitative estimate of drug-likeness (QED) is 0.680. The highest BCUT2D eigenvalue weighted by molar-refractivity contribution is 5.89. The molecule has 9 heteroatoms. The lowest BCUT2D eigenvalue weighted by atomic mass is 10.1. The van der Waals surface area contributed by atoms with E-state index in [2.05, 4.69) is 20.0 Å². The number of aryl methyl sites for hydroxylation is 1. The molecule has 2 aromatic carbocycles. The van der Waals surface area contributed by atoms with Crippen molar-refractivity contribution in [1.82, 2.24) is 9.97 Å². The topological polar surface area (TPSA) is 84.3 Å². The van der Waals surface area contributed by atoms with Gasteiger partial charge in [-0.05, 0) is 30.2 Å². The molecule has 0 radical (unpaired) electrons. The maximum absolute atomic E-state index is 12.7. The van der Waals surface area contributed by atoms with Crippen LogP contribution in [-0.4, -0.2) is 27.4 Å². The van der Waals surface area contributed by atoms with E-state index in [1.807, 2.05) is 25.1 Å². The lowest BCUT2D eigenvalue weighted by Crippen LogP contribution is -2.18. The predicted molar refractivity (Wildman–Crippen MR) is 92.3 cm³/mol. The van der Waals surface area contributed by atoms with Crippen LogP contribution >= 0.6 is 0 Å². The molecular formula is C18H14F3N3O3. The monoisotopic (exact) mass is 377 g/mol. The van der Waals surface area contributed by atoms with Crippen LogP contribution in [-0.2, 0) is 6.42 Å². The molecule has 27 heavy (non-hydrogen) atoms. The van der Waals surface area contributed by atoms with Crippen molar-refractivity contribution in [2.45, 2.75) is 19.7 Å². The van der Waals surface area contributed by atoms with E-state index in [9.17, 15) is 18.0 Å². The molecule has 0 saturated carbocycles. The number of para-hydroxylation sites is 1. The first-order valence-corrected chi connectivity index (χ1v) is 7.91. The van der Waals surface area contributed by atoms with E-state index in [1.54, 1.807) is 6.20 Å². The van der Waals surface area contributed by atoms with Crippen molar-refractivity contribution in [2.24, 2.45) is 0 Å². The van der Waals surface area contributed by atoms with Crippen LogP contribution in [0.3, 0.4) is 0 Å². The fourth-order valence-corrected chi connectivity index (χ4v) is 2.55. The minimum atomic E-state index is -4.98. The van der Waals surface area contributed by atoms with E-state index in [-0.39, 0.29) is 17.2 Å². The minimum absolute atomic E-state index is 0.0681. The fraction of sp³-hybridized carbons (Fsp3) is 0.167. The normalized spacial score (nSPS) is 11.4. The summed E-state index contributed by atoms with van der Waals surface area (Å²) in [4.78, 5) is 19.5. The van der Waals surface area contributed by atoms with Gasteiger partial charge in [0.05, 0.1) is 16.8 Å². The van der Waals surface area contributed by atoms with Gasteiger partial charge in [0.25, 0.3) is 0 Å². The standard InChI is InChI=1S/C18H14F3N3O3/c1-2-10-4-3-5-12-9-22-17(24-15(10)12)23-13-7-6-11(16(25)26)8-14(13)27-18(19,20)21/h3-9H,2H2,1H3,(H,25,26)(H,22,23,24). The average molecular weight is 377 g/mol. The van der Waals surface area contributed by atoms with Gasteiger partial charge in [-0.15, -0.1) is 13.2 Å². The molecule has 2 N–H and O–H groups in total. The number of fused-ring (bicyclic) bond motifs is 1.